The van der Waals surface area contributed by atoms with E-state index in [1.165, 1.54) is 0 Å². The molecule has 5 heteroatoms. The van der Waals surface area contributed by atoms with Gasteiger partial charge in [0.2, 0.25) is 0 Å². The zero-order chi connectivity index (χ0) is 12.8. The molecule has 1 aromatic carbocycles. The standard InChI is InChI=1S/C13H13ClO4/c14-9-7-11-10(17-4-1-5-18-11)6-8(9)13(2-3-13)12(15)16/h6-7H,1-5H2,(H,15,16). The van der Waals surface area contributed by atoms with Gasteiger partial charge in [-0.25, -0.2) is 0 Å². The van der Waals surface area contributed by atoms with E-state index in [1.54, 1.807) is 12.1 Å². The lowest BCUT2D eigenvalue weighted by molar-refractivity contribution is -0.140. The molecule has 0 spiro atoms. The number of benzene rings is 1. The van der Waals surface area contributed by atoms with Crippen molar-refractivity contribution in [3.8, 4) is 11.5 Å². The third-order valence-corrected chi connectivity index (χ3v) is 3.82. The molecule has 1 aliphatic carbocycles. The third-order valence-electron chi connectivity index (χ3n) is 3.51. The maximum atomic E-state index is 11.3. The molecule has 1 aromatic rings. The van der Waals surface area contributed by atoms with Gasteiger partial charge in [0.25, 0.3) is 0 Å². The van der Waals surface area contributed by atoms with Gasteiger partial charge in [-0.05, 0) is 24.5 Å². The van der Waals surface area contributed by atoms with Gasteiger partial charge in [-0.2, -0.15) is 0 Å². The highest BCUT2D eigenvalue weighted by Gasteiger charge is 2.53. The fraction of sp³-hybridized carbons (Fsp3) is 0.462. The van der Waals surface area contributed by atoms with Crippen molar-refractivity contribution >= 4 is 17.6 Å². The van der Waals surface area contributed by atoms with Gasteiger partial charge < -0.3 is 14.6 Å². The lowest BCUT2D eigenvalue weighted by Gasteiger charge is -2.15. The van der Waals surface area contributed by atoms with Crippen molar-refractivity contribution in [3.05, 3.63) is 22.7 Å². The lowest BCUT2D eigenvalue weighted by Crippen LogP contribution is -2.20. The topological polar surface area (TPSA) is 55.8 Å². The third kappa shape index (κ3) is 1.72. The summed E-state index contributed by atoms with van der Waals surface area (Å²) in [5.74, 6) is 0.376. The summed E-state index contributed by atoms with van der Waals surface area (Å²) >= 11 is 6.18. The lowest BCUT2D eigenvalue weighted by atomic mass is 9.95. The van der Waals surface area contributed by atoms with Crippen LogP contribution in [0.3, 0.4) is 0 Å². The summed E-state index contributed by atoms with van der Waals surface area (Å²) in [6, 6.07) is 3.39. The molecule has 0 bridgehead atoms. The fourth-order valence-electron chi connectivity index (χ4n) is 2.27. The summed E-state index contributed by atoms with van der Waals surface area (Å²) in [4.78, 5) is 11.3. The number of hydrogen-bond donors (Lipinski definition) is 1. The Morgan fingerprint density at radius 2 is 1.83 bits per heavy atom. The Hall–Kier alpha value is -1.42. The molecule has 1 N–H and O–H groups in total. The fourth-order valence-corrected chi connectivity index (χ4v) is 2.61. The summed E-state index contributed by atoms with van der Waals surface area (Å²) in [6.07, 6.45) is 2.06. The second kappa shape index (κ2) is 4.05. The molecule has 3 rings (SSSR count). The van der Waals surface area contributed by atoms with Crippen molar-refractivity contribution in [1.82, 2.24) is 0 Å². The van der Waals surface area contributed by atoms with E-state index in [4.69, 9.17) is 21.1 Å². The van der Waals surface area contributed by atoms with E-state index in [2.05, 4.69) is 0 Å². The maximum absolute atomic E-state index is 11.3. The van der Waals surface area contributed by atoms with E-state index in [9.17, 15) is 9.90 Å². The number of carbonyl (C=O) groups is 1. The number of halogens is 1. The number of aliphatic carboxylic acids is 1. The maximum Gasteiger partial charge on any atom is 0.314 e. The minimum absolute atomic E-state index is 0.444. The SMILES string of the molecule is O=C(O)C1(c2cc3c(cc2Cl)OCCCO3)CC1. The summed E-state index contributed by atoms with van der Waals surface area (Å²) in [5.41, 5.74) is -0.178. The van der Waals surface area contributed by atoms with E-state index in [-0.39, 0.29) is 0 Å². The van der Waals surface area contributed by atoms with Crippen molar-refractivity contribution in [3.63, 3.8) is 0 Å². The first-order valence-electron chi connectivity index (χ1n) is 5.96. The number of carboxylic acid groups (broad SMARTS) is 1. The van der Waals surface area contributed by atoms with E-state index >= 15 is 0 Å². The predicted octanol–water partition coefficient (Wildman–Crippen LogP) is 2.62. The molecule has 1 aliphatic heterocycles. The number of carboxylic acids is 1. The zero-order valence-corrected chi connectivity index (χ0v) is 10.5. The molecular weight excluding hydrogens is 256 g/mol. The molecule has 0 atom stereocenters. The highest BCUT2D eigenvalue weighted by Crippen LogP contribution is 2.52. The average molecular weight is 269 g/mol. The van der Waals surface area contributed by atoms with Crippen molar-refractivity contribution in [2.24, 2.45) is 0 Å². The highest BCUT2D eigenvalue weighted by molar-refractivity contribution is 6.32. The molecule has 0 radical (unpaired) electrons. The van der Waals surface area contributed by atoms with Crippen molar-refractivity contribution in [1.29, 1.82) is 0 Å². The Bertz CT molecular complexity index is 508. The number of fused-ring (bicyclic) bond motifs is 1. The summed E-state index contributed by atoms with van der Waals surface area (Å²) in [5, 5.41) is 9.75. The van der Waals surface area contributed by atoms with Crippen molar-refractivity contribution < 1.29 is 19.4 Å². The molecule has 1 heterocycles. The van der Waals surface area contributed by atoms with Gasteiger partial charge in [0.1, 0.15) is 0 Å². The van der Waals surface area contributed by atoms with Gasteiger partial charge in [0.05, 0.1) is 18.6 Å². The smallest absolute Gasteiger partial charge is 0.314 e. The van der Waals surface area contributed by atoms with Crippen LogP contribution >= 0.6 is 11.6 Å². The van der Waals surface area contributed by atoms with Gasteiger partial charge in [0.15, 0.2) is 11.5 Å². The van der Waals surface area contributed by atoms with Gasteiger partial charge in [-0.1, -0.05) is 11.6 Å². The van der Waals surface area contributed by atoms with E-state index in [0.717, 1.165) is 6.42 Å². The van der Waals surface area contributed by atoms with Gasteiger partial charge in [0, 0.05) is 17.5 Å². The molecule has 0 amide bonds. The molecule has 4 nitrogen and oxygen atoms in total. The van der Waals surface area contributed by atoms with E-state index in [0.29, 0.717) is 48.1 Å². The molecule has 0 aromatic heterocycles. The quantitative estimate of drug-likeness (QED) is 0.896. The number of ether oxygens (including phenoxy) is 2. The van der Waals surface area contributed by atoms with E-state index in [1.807, 2.05) is 0 Å². The Labute approximate surface area is 109 Å². The second-order valence-corrected chi connectivity index (χ2v) is 5.12. The predicted molar refractivity (Wildman–Crippen MR) is 65.6 cm³/mol. The van der Waals surface area contributed by atoms with Gasteiger partial charge in [-0.3, -0.25) is 4.79 Å². The van der Waals surface area contributed by atoms with Crippen LogP contribution in [0, 0.1) is 0 Å². The minimum Gasteiger partial charge on any atom is -0.490 e. The molecule has 18 heavy (non-hydrogen) atoms. The Balaban J connectivity index is 2.06. The van der Waals surface area contributed by atoms with Crippen LogP contribution in [-0.4, -0.2) is 24.3 Å². The number of rotatable bonds is 2. The molecule has 0 saturated heterocycles. The molecule has 1 fully saturated rings. The molecule has 0 unspecified atom stereocenters. The first kappa shape index (κ1) is 11.7. The van der Waals surface area contributed by atoms with Crippen LogP contribution < -0.4 is 9.47 Å². The van der Waals surface area contributed by atoms with Crippen LogP contribution in [0.1, 0.15) is 24.8 Å². The van der Waals surface area contributed by atoms with Crippen LogP contribution in [0.2, 0.25) is 5.02 Å². The monoisotopic (exact) mass is 268 g/mol. The van der Waals surface area contributed by atoms with Crippen LogP contribution in [0.4, 0.5) is 0 Å². The van der Waals surface area contributed by atoms with Crippen LogP contribution in [-0.2, 0) is 10.2 Å². The average Bonchev–Trinajstić information content (AvgIpc) is 3.12. The van der Waals surface area contributed by atoms with Crippen LogP contribution in [0.5, 0.6) is 11.5 Å². The first-order chi connectivity index (χ1) is 8.63. The summed E-state index contributed by atoms with van der Waals surface area (Å²) in [6.45, 7) is 1.17. The second-order valence-electron chi connectivity index (χ2n) is 4.72. The molecular formula is C13H13ClO4. The van der Waals surface area contributed by atoms with Crippen molar-refractivity contribution in [2.45, 2.75) is 24.7 Å². The normalized spacial score (nSPS) is 20.1. The molecule has 96 valence electrons. The van der Waals surface area contributed by atoms with Gasteiger partial charge in [-0.15, -0.1) is 0 Å². The minimum atomic E-state index is -0.820. The van der Waals surface area contributed by atoms with Crippen molar-refractivity contribution in [2.75, 3.05) is 13.2 Å². The summed E-state index contributed by atoms with van der Waals surface area (Å²) in [7, 11) is 0. The Morgan fingerprint density at radius 3 is 2.39 bits per heavy atom. The van der Waals surface area contributed by atoms with E-state index < -0.39 is 11.4 Å². The highest BCUT2D eigenvalue weighted by atomic mass is 35.5. The zero-order valence-electron chi connectivity index (χ0n) is 9.74. The molecule has 1 saturated carbocycles. The Kier molecular flexibility index (Phi) is 2.63. The largest absolute Gasteiger partial charge is 0.490 e. The Morgan fingerprint density at radius 1 is 1.22 bits per heavy atom. The van der Waals surface area contributed by atoms with Crippen LogP contribution in [0.25, 0.3) is 0 Å². The summed E-state index contributed by atoms with van der Waals surface area (Å²) < 4.78 is 11.1. The van der Waals surface area contributed by atoms with Gasteiger partial charge >= 0.3 is 5.97 Å². The molecule has 2 aliphatic rings. The first-order valence-corrected chi connectivity index (χ1v) is 6.34. The van der Waals surface area contributed by atoms with Crippen LogP contribution in [0.15, 0.2) is 12.1 Å². The number of hydrogen-bond acceptors (Lipinski definition) is 3.